The summed E-state index contributed by atoms with van der Waals surface area (Å²) in [6.45, 7) is 6.22. The Bertz CT molecular complexity index is 1020. The smallest absolute Gasteiger partial charge is 0.336 e. The number of nitrogens with one attached hydrogen (secondary N) is 2. The SMILES string of the molecule is CCc1noc(-c2ccc(NC(=O)NCCn3c(C)cc(C)nc3=O)cc2)n1. The molecular formula is C19H22N6O3. The van der Waals surface area contributed by atoms with Crippen LogP contribution in [0, 0.1) is 13.8 Å². The van der Waals surface area contributed by atoms with E-state index in [9.17, 15) is 9.59 Å². The number of hydrogen-bond donors (Lipinski definition) is 2. The molecule has 0 spiro atoms. The van der Waals surface area contributed by atoms with Crippen LogP contribution < -0.4 is 16.3 Å². The third-order valence-electron chi connectivity index (χ3n) is 4.14. The van der Waals surface area contributed by atoms with Gasteiger partial charge in [0.05, 0.1) is 0 Å². The molecule has 0 bridgehead atoms. The second-order valence-electron chi connectivity index (χ2n) is 6.30. The van der Waals surface area contributed by atoms with E-state index < -0.39 is 0 Å². The van der Waals surface area contributed by atoms with Gasteiger partial charge in [-0.05, 0) is 44.2 Å². The lowest BCUT2D eigenvalue weighted by molar-refractivity contribution is 0.251. The first-order chi connectivity index (χ1) is 13.5. The molecule has 2 N–H and O–H groups in total. The molecule has 3 aromatic rings. The summed E-state index contributed by atoms with van der Waals surface area (Å²) in [6, 6.07) is 8.57. The van der Waals surface area contributed by atoms with Crippen molar-refractivity contribution in [1.29, 1.82) is 0 Å². The number of benzene rings is 1. The van der Waals surface area contributed by atoms with E-state index in [1.165, 1.54) is 4.57 Å². The lowest BCUT2D eigenvalue weighted by Gasteiger charge is -2.11. The van der Waals surface area contributed by atoms with E-state index in [-0.39, 0.29) is 11.7 Å². The number of amides is 2. The van der Waals surface area contributed by atoms with E-state index in [0.717, 1.165) is 11.3 Å². The number of nitrogens with zero attached hydrogens (tertiary/aromatic N) is 4. The van der Waals surface area contributed by atoms with Crippen LogP contribution in [0.15, 0.2) is 39.6 Å². The molecule has 28 heavy (non-hydrogen) atoms. The van der Waals surface area contributed by atoms with E-state index in [2.05, 4.69) is 25.8 Å². The van der Waals surface area contributed by atoms with Crippen molar-refractivity contribution in [2.24, 2.45) is 0 Å². The molecule has 2 heterocycles. The van der Waals surface area contributed by atoms with Gasteiger partial charge in [-0.1, -0.05) is 12.1 Å². The van der Waals surface area contributed by atoms with Crippen LogP contribution in [0.25, 0.3) is 11.5 Å². The molecule has 9 nitrogen and oxygen atoms in total. The molecule has 9 heteroatoms. The zero-order valence-corrected chi connectivity index (χ0v) is 16.0. The molecule has 0 unspecified atom stereocenters. The zero-order chi connectivity index (χ0) is 20.1. The minimum atomic E-state index is -0.357. The minimum Gasteiger partial charge on any atom is -0.336 e. The van der Waals surface area contributed by atoms with Gasteiger partial charge in [-0.3, -0.25) is 4.57 Å². The highest BCUT2D eigenvalue weighted by molar-refractivity contribution is 5.89. The Hall–Kier alpha value is -3.49. The standard InChI is InChI=1S/C19H22N6O3/c1-4-16-23-17(28-24-16)14-5-7-15(8-6-14)22-18(26)20-9-10-25-13(3)11-12(2)21-19(25)27/h5-8,11H,4,9-10H2,1-3H3,(H2,20,22,26). The molecule has 2 aromatic heterocycles. The summed E-state index contributed by atoms with van der Waals surface area (Å²) in [7, 11) is 0. The highest BCUT2D eigenvalue weighted by Crippen LogP contribution is 2.19. The molecular weight excluding hydrogens is 360 g/mol. The summed E-state index contributed by atoms with van der Waals surface area (Å²) in [6.07, 6.45) is 0.702. The molecule has 0 fully saturated rings. The molecule has 2 amide bonds. The van der Waals surface area contributed by atoms with Gasteiger partial charge in [0.1, 0.15) is 0 Å². The van der Waals surface area contributed by atoms with Crippen molar-refractivity contribution in [3.63, 3.8) is 0 Å². The van der Waals surface area contributed by atoms with Crippen molar-refractivity contribution in [2.45, 2.75) is 33.7 Å². The highest BCUT2D eigenvalue weighted by Gasteiger charge is 2.08. The predicted molar refractivity (Wildman–Crippen MR) is 104 cm³/mol. The van der Waals surface area contributed by atoms with E-state index >= 15 is 0 Å². The maximum absolute atomic E-state index is 12.1. The van der Waals surface area contributed by atoms with E-state index in [0.29, 0.717) is 42.6 Å². The fourth-order valence-electron chi connectivity index (χ4n) is 2.71. The van der Waals surface area contributed by atoms with Gasteiger partial charge in [0, 0.05) is 42.1 Å². The molecule has 0 aliphatic carbocycles. The Kier molecular flexibility index (Phi) is 5.83. The molecule has 0 saturated carbocycles. The van der Waals surface area contributed by atoms with Crippen molar-refractivity contribution in [3.05, 3.63) is 58.0 Å². The largest absolute Gasteiger partial charge is 0.348 e. The van der Waals surface area contributed by atoms with E-state index in [4.69, 9.17) is 4.52 Å². The highest BCUT2D eigenvalue weighted by atomic mass is 16.5. The van der Waals surface area contributed by atoms with Crippen molar-refractivity contribution in [3.8, 4) is 11.5 Å². The first kappa shape index (κ1) is 19.3. The molecule has 146 valence electrons. The Morgan fingerprint density at radius 2 is 1.93 bits per heavy atom. The summed E-state index contributed by atoms with van der Waals surface area (Å²) >= 11 is 0. The van der Waals surface area contributed by atoms with Crippen LogP contribution in [0.3, 0.4) is 0 Å². The first-order valence-electron chi connectivity index (χ1n) is 8.99. The fraction of sp³-hybridized carbons (Fsp3) is 0.316. The molecule has 0 radical (unpaired) electrons. The minimum absolute atomic E-state index is 0.303. The maximum atomic E-state index is 12.1. The first-order valence-corrected chi connectivity index (χ1v) is 8.99. The average Bonchev–Trinajstić information content (AvgIpc) is 3.13. The van der Waals surface area contributed by atoms with Crippen LogP contribution in [0.2, 0.25) is 0 Å². The Balaban J connectivity index is 1.53. The summed E-state index contributed by atoms with van der Waals surface area (Å²) in [5, 5.41) is 9.33. The quantitative estimate of drug-likeness (QED) is 0.676. The van der Waals surface area contributed by atoms with Gasteiger partial charge in [0.25, 0.3) is 5.89 Å². The van der Waals surface area contributed by atoms with Crippen molar-refractivity contribution < 1.29 is 9.32 Å². The summed E-state index contributed by atoms with van der Waals surface area (Å²) < 4.78 is 6.72. The van der Waals surface area contributed by atoms with Crippen molar-refractivity contribution >= 4 is 11.7 Å². The predicted octanol–water partition coefficient (Wildman–Crippen LogP) is 2.29. The molecule has 0 atom stereocenters. The third-order valence-corrected chi connectivity index (χ3v) is 4.14. The van der Waals surface area contributed by atoms with Crippen LogP contribution in [-0.4, -0.2) is 32.3 Å². The van der Waals surface area contributed by atoms with Gasteiger partial charge in [0.2, 0.25) is 0 Å². The monoisotopic (exact) mass is 382 g/mol. The molecule has 0 aliphatic heterocycles. The van der Waals surface area contributed by atoms with Crippen LogP contribution in [0.5, 0.6) is 0 Å². The zero-order valence-electron chi connectivity index (χ0n) is 16.0. The average molecular weight is 382 g/mol. The van der Waals surface area contributed by atoms with Crippen molar-refractivity contribution in [2.75, 3.05) is 11.9 Å². The number of anilines is 1. The number of rotatable bonds is 6. The van der Waals surface area contributed by atoms with Crippen LogP contribution in [0.4, 0.5) is 10.5 Å². The Morgan fingerprint density at radius 1 is 1.18 bits per heavy atom. The fourth-order valence-corrected chi connectivity index (χ4v) is 2.71. The summed E-state index contributed by atoms with van der Waals surface area (Å²) in [4.78, 5) is 32.1. The Morgan fingerprint density at radius 3 is 2.57 bits per heavy atom. The van der Waals surface area contributed by atoms with Gasteiger partial charge < -0.3 is 15.2 Å². The number of carbonyl (C=O) groups is 1. The van der Waals surface area contributed by atoms with Crippen LogP contribution in [0.1, 0.15) is 24.1 Å². The molecule has 1 aromatic carbocycles. The number of carbonyl (C=O) groups excluding carboxylic acids is 1. The van der Waals surface area contributed by atoms with Gasteiger partial charge in [-0.2, -0.15) is 9.97 Å². The number of aromatic nitrogens is 4. The number of urea groups is 1. The lowest BCUT2D eigenvalue weighted by atomic mass is 10.2. The van der Waals surface area contributed by atoms with E-state index in [1.54, 1.807) is 31.2 Å². The summed E-state index contributed by atoms with van der Waals surface area (Å²) in [5.41, 5.74) is 2.58. The van der Waals surface area contributed by atoms with Gasteiger partial charge in [-0.25, -0.2) is 9.59 Å². The van der Waals surface area contributed by atoms with Gasteiger partial charge in [0.15, 0.2) is 5.82 Å². The second kappa shape index (κ2) is 8.47. The molecule has 3 rings (SSSR count). The normalized spacial score (nSPS) is 10.7. The van der Waals surface area contributed by atoms with Gasteiger partial charge >= 0.3 is 11.7 Å². The topological polar surface area (TPSA) is 115 Å². The van der Waals surface area contributed by atoms with Crippen molar-refractivity contribution in [1.82, 2.24) is 25.0 Å². The van der Waals surface area contributed by atoms with Crippen LogP contribution in [-0.2, 0) is 13.0 Å². The lowest BCUT2D eigenvalue weighted by Crippen LogP contribution is -2.35. The summed E-state index contributed by atoms with van der Waals surface area (Å²) in [5.74, 6) is 1.09. The molecule has 0 saturated heterocycles. The van der Waals surface area contributed by atoms with Crippen LogP contribution >= 0.6 is 0 Å². The van der Waals surface area contributed by atoms with Gasteiger partial charge in [-0.15, -0.1) is 0 Å². The Labute approximate surface area is 161 Å². The van der Waals surface area contributed by atoms with E-state index in [1.807, 2.05) is 19.9 Å². The third kappa shape index (κ3) is 4.61. The second-order valence-corrected chi connectivity index (χ2v) is 6.30. The number of aryl methyl sites for hydroxylation is 3. The number of hydrogen-bond acceptors (Lipinski definition) is 6. The molecule has 0 aliphatic rings. The maximum Gasteiger partial charge on any atom is 0.348 e.